The Morgan fingerprint density at radius 3 is 3.00 bits per heavy atom. The topological polar surface area (TPSA) is 56.5 Å². The monoisotopic (exact) mass is 293 g/mol. The van der Waals surface area contributed by atoms with E-state index in [9.17, 15) is 4.79 Å². The fraction of sp³-hybridized carbons (Fsp3) is 0.118. The predicted molar refractivity (Wildman–Crippen MR) is 84.1 cm³/mol. The third-order valence-corrected chi connectivity index (χ3v) is 3.19. The number of carbonyl (C=O) groups excluding carboxylic acids is 1. The van der Waals surface area contributed by atoms with Crippen molar-refractivity contribution in [1.82, 2.24) is 14.6 Å². The number of nitrogens with zero attached hydrogens (tertiary/aromatic N) is 3. The summed E-state index contributed by atoms with van der Waals surface area (Å²) in [7, 11) is 0. The molecule has 0 radical (unpaired) electrons. The van der Waals surface area contributed by atoms with E-state index >= 15 is 0 Å². The lowest BCUT2D eigenvalue weighted by Gasteiger charge is -1.98. The van der Waals surface area contributed by atoms with Crippen LogP contribution in [0.15, 0.2) is 55.0 Å². The van der Waals surface area contributed by atoms with Crippen LogP contribution in [0.25, 0.3) is 22.9 Å². The number of esters is 1. The maximum atomic E-state index is 11.6. The molecule has 0 bridgehead atoms. The fourth-order valence-corrected chi connectivity index (χ4v) is 2.24. The van der Waals surface area contributed by atoms with Crippen molar-refractivity contribution in [3.05, 3.63) is 60.6 Å². The number of carbonyl (C=O) groups is 1. The van der Waals surface area contributed by atoms with Crippen LogP contribution < -0.4 is 0 Å². The van der Waals surface area contributed by atoms with Crippen molar-refractivity contribution in [3.63, 3.8) is 0 Å². The second-order valence-electron chi connectivity index (χ2n) is 4.62. The minimum Gasteiger partial charge on any atom is -0.463 e. The molecule has 3 heterocycles. The molecule has 110 valence electrons. The summed E-state index contributed by atoms with van der Waals surface area (Å²) >= 11 is 0. The van der Waals surface area contributed by atoms with Gasteiger partial charge in [0, 0.05) is 35.8 Å². The van der Waals surface area contributed by atoms with Crippen LogP contribution in [0.4, 0.5) is 0 Å². The highest BCUT2D eigenvalue weighted by Gasteiger charge is 2.12. The van der Waals surface area contributed by atoms with Gasteiger partial charge in [-0.1, -0.05) is 6.07 Å². The second kappa shape index (κ2) is 6.22. The van der Waals surface area contributed by atoms with Crippen LogP contribution in [0.1, 0.15) is 12.5 Å². The van der Waals surface area contributed by atoms with Crippen LogP contribution >= 0.6 is 0 Å². The Balaban J connectivity index is 2.12. The maximum Gasteiger partial charge on any atom is 0.330 e. The zero-order valence-electron chi connectivity index (χ0n) is 12.1. The Morgan fingerprint density at radius 2 is 2.23 bits per heavy atom. The first kappa shape index (κ1) is 14.0. The average molecular weight is 293 g/mol. The van der Waals surface area contributed by atoms with Gasteiger partial charge in [0.05, 0.1) is 12.1 Å². The lowest BCUT2D eigenvalue weighted by atomic mass is 10.1. The predicted octanol–water partition coefficient (Wildman–Crippen LogP) is 2.97. The molecule has 3 rings (SSSR count). The summed E-state index contributed by atoms with van der Waals surface area (Å²) in [6.07, 6.45) is 8.50. The third-order valence-electron chi connectivity index (χ3n) is 3.19. The van der Waals surface area contributed by atoms with Crippen LogP contribution in [0.2, 0.25) is 0 Å². The zero-order chi connectivity index (χ0) is 15.4. The van der Waals surface area contributed by atoms with Crippen LogP contribution in [0.3, 0.4) is 0 Å². The SMILES string of the molecule is CCOC(=O)C=Cc1c(-c2cccnc2)nn2ccccc12. The summed E-state index contributed by atoms with van der Waals surface area (Å²) in [4.78, 5) is 15.7. The number of ether oxygens (including phenoxy) is 1. The number of fused-ring (bicyclic) bond motifs is 1. The summed E-state index contributed by atoms with van der Waals surface area (Å²) in [5.41, 5.74) is 3.46. The minimum atomic E-state index is -0.366. The smallest absolute Gasteiger partial charge is 0.330 e. The van der Waals surface area contributed by atoms with Crippen molar-refractivity contribution >= 4 is 17.6 Å². The standard InChI is InChI=1S/C17H15N3O2/c1-2-22-16(21)9-8-14-15-7-3-4-11-20(15)19-17(14)13-6-5-10-18-12-13/h3-12H,2H2,1H3. The van der Waals surface area contributed by atoms with Crippen LogP contribution in [-0.2, 0) is 9.53 Å². The number of rotatable bonds is 4. The van der Waals surface area contributed by atoms with E-state index in [0.717, 1.165) is 22.3 Å². The summed E-state index contributed by atoms with van der Waals surface area (Å²) in [6, 6.07) is 9.60. The molecule has 5 nitrogen and oxygen atoms in total. The average Bonchev–Trinajstić information content (AvgIpc) is 2.93. The zero-order valence-corrected chi connectivity index (χ0v) is 12.1. The summed E-state index contributed by atoms with van der Waals surface area (Å²) in [5, 5.41) is 4.58. The number of hydrogen-bond donors (Lipinski definition) is 0. The van der Waals surface area contributed by atoms with E-state index in [1.54, 1.807) is 29.9 Å². The van der Waals surface area contributed by atoms with Crippen LogP contribution in [-0.4, -0.2) is 27.2 Å². The minimum absolute atomic E-state index is 0.355. The summed E-state index contributed by atoms with van der Waals surface area (Å²) in [6.45, 7) is 2.13. The van der Waals surface area contributed by atoms with Gasteiger partial charge in [-0.25, -0.2) is 9.31 Å². The molecule has 0 atom stereocenters. The van der Waals surface area contributed by atoms with Crippen LogP contribution in [0, 0.1) is 0 Å². The second-order valence-corrected chi connectivity index (χ2v) is 4.62. The Morgan fingerprint density at radius 1 is 1.32 bits per heavy atom. The normalized spacial score (nSPS) is 11.1. The molecule has 5 heteroatoms. The van der Waals surface area contributed by atoms with Gasteiger partial charge >= 0.3 is 5.97 Å². The van der Waals surface area contributed by atoms with Gasteiger partial charge in [0.15, 0.2) is 0 Å². The van der Waals surface area contributed by atoms with Gasteiger partial charge in [0.2, 0.25) is 0 Å². The van der Waals surface area contributed by atoms with Gasteiger partial charge in [-0.15, -0.1) is 0 Å². The largest absolute Gasteiger partial charge is 0.463 e. The third kappa shape index (κ3) is 2.74. The molecular formula is C17H15N3O2. The van der Waals surface area contributed by atoms with E-state index in [-0.39, 0.29) is 5.97 Å². The molecule has 0 aliphatic carbocycles. The number of pyridine rings is 2. The lowest BCUT2D eigenvalue weighted by Crippen LogP contribution is -1.98. The fourth-order valence-electron chi connectivity index (χ4n) is 2.24. The molecule has 3 aromatic rings. The van der Waals surface area contributed by atoms with E-state index in [1.807, 2.05) is 36.5 Å². The number of hydrogen-bond acceptors (Lipinski definition) is 4. The molecule has 0 aromatic carbocycles. The molecule has 0 unspecified atom stereocenters. The maximum absolute atomic E-state index is 11.6. The molecule has 3 aromatic heterocycles. The quantitative estimate of drug-likeness (QED) is 0.548. The molecule has 0 aliphatic heterocycles. The van der Waals surface area contributed by atoms with E-state index in [1.165, 1.54) is 6.08 Å². The highest BCUT2D eigenvalue weighted by molar-refractivity contribution is 5.92. The molecule has 0 saturated carbocycles. The van der Waals surface area contributed by atoms with Crippen molar-refractivity contribution in [1.29, 1.82) is 0 Å². The first-order chi connectivity index (χ1) is 10.8. The van der Waals surface area contributed by atoms with Gasteiger partial charge < -0.3 is 4.74 Å². The highest BCUT2D eigenvalue weighted by Crippen LogP contribution is 2.26. The van der Waals surface area contributed by atoms with Crippen molar-refractivity contribution in [3.8, 4) is 11.3 Å². The molecule has 0 N–H and O–H groups in total. The Bertz CT molecular complexity index is 822. The summed E-state index contributed by atoms with van der Waals surface area (Å²) < 4.78 is 6.72. The highest BCUT2D eigenvalue weighted by atomic mass is 16.5. The molecule has 0 spiro atoms. The van der Waals surface area contributed by atoms with Gasteiger partial charge in [0.1, 0.15) is 5.69 Å². The molecule has 0 aliphatic rings. The van der Waals surface area contributed by atoms with Gasteiger partial charge in [-0.3, -0.25) is 4.98 Å². The Kier molecular flexibility index (Phi) is 3.96. The van der Waals surface area contributed by atoms with Crippen LogP contribution in [0.5, 0.6) is 0 Å². The van der Waals surface area contributed by atoms with E-state index in [2.05, 4.69) is 10.1 Å². The van der Waals surface area contributed by atoms with Crippen molar-refractivity contribution in [2.45, 2.75) is 6.92 Å². The van der Waals surface area contributed by atoms with Crippen molar-refractivity contribution in [2.75, 3.05) is 6.61 Å². The molecule has 22 heavy (non-hydrogen) atoms. The first-order valence-corrected chi connectivity index (χ1v) is 7.02. The first-order valence-electron chi connectivity index (χ1n) is 7.02. The van der Waals surface area contributed by atoms with Gasteiger partial charge in [-0.2, -0.15) is 5.10 Å². The van der Waals surface area contributed by atoms with Crippen molar-refractivity contribution < 1.29 is 9.53 Å². The van der Waals surface area contributed by atoms with Gasteiger partial charge in [-0.05, 0) is 37.3 Å². The molecule has 0 saturated heterocycles. The summed E-state index contributed by atoms with van der Waals surface area (Å²) in [5.74, 6) is -0.366. The Hall–Kier alpha value is -2.95. The molecular weight excluding hydrogens is 278 g/mol. The number of aromatic nitrogens is 3. The van der Waals surface area contributed by atoms with Gasteiger partial charge in [0.25, 0.3) is 0 Å². The lowest BCUT2D eigenvalue weighted by molar-refractivity contribution is -0.137. The van der Waals surface area contributed by atoms with E-state index < -0.39 is 0 Å². The van der Waals surface area contributed by atoms with E-state index in [4.69, 9.17) is 4.74 Å². The molecule has 0 amide bonds. The van der Waals surface area contributed by atoms with E-state index in [0.29, 0.717) is 6.61 Å². The Labute approximate surface area is 127 Å². The molecule has 0 fully saturated rings. The van der Waals surface area contributed by atoms with Crippen molar-refractivity contribution in [2.24, 2.45) is 0 Å².